The second-order valence-electron chi connectivity index (χ2n) is 6.70. The summed E-state index contributed by atoms with van der Waals surface area (Å²) in [6.45, 7) is 0. The van der Waals surface area contributed by atoms with E-state index in [1.54, 1.807) is 18.2 Å². The molecule has 0 amide bonds. The van der Waals surface area contributed by atoms with Gasteiger partial charge in [0, 0.05) is 17.6 Å². The number of esters is 4. The number of ether oxygens (including phenoxy) is 4. The van der Waals surface area contributed by atoms with E-state index in [1.807, 2.05) is 12.1 Å². The minimum absolute atomic E-state index is 0.00924. The van der Waals surface area contributed by atoms with Crippen LogP contribution in [-0.2, 0) is 43.5 Å². The Balaban J connectivity index is 2.60. The Morgan fingerprint density at radius 2 is 1.57 bits per heavy atom. The van der Waals surface area contributed by atoms with Gasteiger partial charge in [-0.15, -0.1) is 0 Å². The maximum atomic E-state index is 13.0. The standard InChI is InChI=1S/C21H25NO8/c1-27-17(23)10-9-14(18(24)28-2)12-21(19(25)29-3,20(26)30-4)16-11-13-7-5-6-8-15(13)22-16/h5-8,11,14,22H,9-10,12H2,1-4H3. The van der Waals surface area contributed by atoms with E-state index in [9.17, 15) is 19.2 Å². The molecule has 0 fully saturated rings. The molecule has 0 saturated heterocycles. The third-order valence-corrected chi connectivity index (χ3v) is 5.07. The second kappa shape index (κ2) is 9.91. The zero-order valence-electron chi connectivity index (χ0n) is 17.4. The van der Waals surface area contributed by atoms with Crippen molar-refractivity contribution in [1.82, 2.24) is 4.98 Å². The van der Waals surface area contributed by atoms with Crippen molar-refractivity contribution in [3.8, 4) is 0 Å². The van der Waals surface area contributed by atoms with E-state index >= 15 is 0 Å². The zero-order chi connectivity index (χ0) is 22.3. The molecule has 162 valence electrons. The first-order chi connectivity index (χ1) is 14.3. The molecule has 0 saturated carbocycles. The number of benzene rings is 1. The minimum Gasteiger partial charge on any atom is -0.469 e. The van der Waals surface area contributed by atoms with Crippen molar-refractivity contribution in [3.63, 3.8) is 0 Å². The van der Waals surface area contributed by atoms with Crippen molar-refractivity contribution in [2.75, 3.05) is 28.4 Å². The molecule has 0 radical (unpaired) electrons. The van der Waals surface area contributed by atoms with Crippen LogP contribution in [0.4, 0.5) is 0 Å². The van der Waals surface area contributed by atoms with Gasteiger partial charge in [-0.3, -0.25) is 19.2 Å². The van der Waals surface area contributed by atoms with E-state index in [0.717, 1.165) is 19.6 Å². The van der Waals surface area contributed by atoms with Crippen molar-refractivity contribution in [2.24, 2.45) is 5.92 Å². The van der Waals surface area contributed by atoms with Crippen LogP contribution in [-0.4, -0.2) is 57.3 Å². The van der Waals surface area contributed by atoms with Crippen LogP contribution in [0.15, 0.2) is 30.3 Å². The van der Waals surface area contributed by atoms with Gasteiger partial charge < -0.3 is 23.9 Å². The van der Waals surface area contributed by atoms with E-state index < -0.39 is 35.2 Å². The highest BCUT2D eigenvalue weighted by atomic mass is 16.5. The number of carbonyl (C=O) groups excluding carboxylic acids is 4. The van der Waals surface area contributed by atoms with Crippen LogP contribution in [0, 0.1) is 5.92 Å². The van der Waals surface area contributed by atoms with Gasteiger partial charge in [-0.2, -0.15) is 0 Å². The maximum Gasteiger partial charge on any atom is 0.329 e. The Morgan fingerprint density at radius 1 is 0.933 bits per heavy atom. The molecule has 0 aliphatic heterocycles. The molecule has 2 aromatic rings. The molecule has 9 nitrogen and oxygen atoms in total. The fraction of sp³-hybridized carbons (Fsp3) is 0.429. The summed E-state index contributed by atoms with van der Waals surface area (Å²) in [5, 5.41) is 0.758. The largest absolute Gasteiger partial charge is 0.469 e. The first kappa shape index (κ1) is 22.9. The maximum absolute atomic E-state index is 13.0. The number of para-hydroxylation sites is 1. The second-order valence-corrected chi connectivity index (χ2v) is 6.70. The molecule has 0 aliphatic rings. The topological polar surface area (TPSA) is 121 Å². The van der Waals surface area contributed by atoms with Crippen molar-refractivity contribution in [3.05, 3.63) is 36.0 Å². The number of carbonyl (C=O) groups is 4. The lowest BCUT2D eigenvalue weighted by Crippen LogP contribution is -2.48. The van der Waals surface area contributed by atoms with Crippen LogP contribution < -0.4 is 0 Å². The quantitative estimate of drug-likeness (QED) is 0.372. The van der Waals surface area contributed by atoms with Gasteiger partial charge in [-0.25, -0.2) is 0 Å². The molecule has 2 rings (SSSR count). The van der Waals surface area contributed by atoms with Crippen LogP contribution in [0.25, 0.3) is 10.9 Å². The van der Waals surface area contributed by atoms with Gasteiger partial charge in [0.15, 0.2) is 0 Å². The highest BCUT2D eigenvalue weighted by Crippen LogP contribution is 2.37. The summed E-state index contributed by atoms with van der Waals surface area (Å²) in [5.74, 6) is -3.97. The lowest BCUT2D eigenvalue weighted by molar-refractivity contribution is -0.164. The van der Waals surface area contributed by atoms with Crippen LogP contribution in [0.3, 0.4) is 0 Å². The molecular weight excluding hydrogens is 394 g/mol. The summed E-state index contributed by atoms with van der Waals surface area (Å²) in [4.78, 5) is 53.0. The third kappa shape index (κ3) is 4.45. The average molecular weight is 419 g/mol. The van der Waals surface area contributed by atoms with Crippen LogP contribution in [0.2, 0.25) is 0 Å². The molecule has 1 unspecified atom stereocenters. The van der Waals surface area contributed by atoms with Crippen LogP contribution in [0.1, 0.15) is 25.0 Å². The van der Waals surface area contributed by atoms with Gasteiger partial charge in [0.05, 0.1) is 34.4 Å². The van der Waals surface area contributed by atoms with Gasteiger partial charge in [0.25, 0.3) is 0 Å². The van der Waals surface area contributed by atoms with E-state index in [2.05, 4.69) is 9.72 Å². The summed E-state index contributed by atoms with van der Waals surface area (Å²) in [6.07, 6.45) is -0.403. The number of hydrogen-bond donors (Lipinski definition) is 1. The van der Waals surface area contributed by atoms with Crippen molar-refractivity contribution in [2.45, 2.75) is 24.7 Å². The normalized spacial score (nSPS) is 12.1. The van der Waals surface area contributed by atoms with E-state index in [-0.39, 0.29) is 25.0 Å². The van der Waals surface area contributed by atoms with Gasteiger partial charge in [-0.1, -0.05) is 18.2 Å². The first-order valence-corrected chi connectivity index (χ1v) is 9.23. The molecule has 30 heavy (non-hydrogen) atoms. The van der Waals surface area contributed by atoms with Crippen LogP contribution in [0.5, 0.6) is 0 Å². The fourth-order valence-corrected chi connectivity index (χ4v) is 3.47. The summed E-state index contributed by atoms with van der Waals surface area (Å²) in [5.41, 5.74) is -1.06. The highest BCUT2D eigenvalue weighted by molar-refractivity contribution is 6.07. The average Bonchev–Trinajstić information content (AvgIpc) is 3.22. The van der Waals surface area contributed by atoms with Gasteiger partial charge in [0.2, 0.25) is 5.41 Å². The Kier molecular flexibility index (Phi) is 7.57. The van der Waals surface area contributed by atoms with E-state index in [4.69, 9.17) is 14.2 Å². The van der Waals surface area contributed by atoms with Gasteiger partial charge in [0.1, 0.15) is 0 Å². The number of rotatable bonds is 9. The third-order valence-electron chi connectivity index (χ3n) is 5.07. The molecule has 1 aromatic carbocycles. The van der Waals surface area contributed by atoms with E-state index in [1.165, 1.54) is 14.2 Å². The molecule has 1 heterocycles. The lowest BCUT2D eigenvalue weighted by atomic mass is 9.75. The smallest absolute Gasteiger partial charge is 0.329 e. The first-order valence-electron chi connectivity index (χ1n) is 9.23. The highest BCUT2D eigenvalue weighted by Gasteiger charge is 2.53. The predicted molar refractivity (Wildman–Crippen MR) is 105 cm³/mol. The Labute approximate surface area is 173 Å². The molecule has 1 aromatic heterocycles. The number of nitrogens with one attached hydrogen (secondary N) is 1. The predicted octanol–water partition coefficient (Wildman–Crippen LogP) is 1.88. The molecule has 1 atom stereocenters. The number of fused-ring (bicyclic) bond motifs is 1. The number of H-pyrrole nitrogens is 1. The molecular formula is C21H25NO8. The Bertz CT molecular complexity index is 883. The monoisotopic (exact) mass is 419 g/mol. The van der Waals surface area contributed by atoms with Gasteiger partial charge in [-0.05, 0) is 30.4 Å². The summed E-state index contributed by atoms with van der Waals surface area (Å²) in [7, 11) is 4.70. The lowest BCUT2D eigenvalue weighted by Gasteiger charge is -2.30. The zero-order valence-corrected chi connectivity index (χ0v) is 17.4. The molecule has 0 aliphatic carbocycles. The van der Waals surface area contributed by atoms with Gasteiger partial charge >= 0.3 is 23.9 Å². The molecule has 1 N–H and O–H groups in total. The number of methoxy groups -OCH3 is 4. The number of aromatic amines is 1. The van der Waals surface area contributed by atoms with Crippen molar-refractivity contribution in [1.29, 1.82) is 0 Å². The minimum atomic E-state index is -1.96. The fourth-order valence-electron chi connectivity index (χ4n) is 3.47. The van der Waals surface area contributed by atoms with Crippen LogP contribution >= 0.6 is 0 Å². The van der Waals surface area contributed by atoms with E-state index in [0.29, 0.717) is 5.52 Å². The molecule has 0 spiro atoms. The van der Waals surface area contributed by atoms with Crippen molar-refractivity contribution >= 4 is 34.8 Å². The summed E-state index contributed by atoms with van der Waals surface area (Å²) < 4.78 is 19.4. The number of aromatic nitrogens is 1. The Hall–Kier alpha value is -3.36. The molecule has 0 bridgehead atoms. The van der Waals surface area contributed by atoms with Crippen molar-refractivity contribution < 1.29 is 38.1 Å². The molecule has 9 heteroatoms. The summed E-state index contributed by atoms with van der Waals surface area (Å²) >= 11 is 0. The SMILES string of the molecule is COC(=O)CCC(CC(C(=O)OC)(C(=O)OC)c1cc2ccccc2[nH]1)C(=O)OC. The Morgan fingerprint density at radius 3 is 2.10 bits per heavy atom. The number of hydrogen-bond acceptors (Lipinski definition) is 8. The summed E-state index contributed by atoms with van der Waals surface area (Å²) in [6, 6.07) is 8.84.